The Balaban J connectivity index is 1.72. The number of carbonyl (C=O) groups is 1. The summed E-state index contributed by atoms with van der Waals surface area (Å²) in [6.45, 7) is 2.90. The fourth-order valence-electron chi connectivity index (χ4n) is 10.8. The topological polar surface area (TPSA) is 228 Å². The number of nitrogens with one attached hydrogen (secondary N) is 1. The molecule has 2 rings (SSSR count). The maximum atomic E-state index is 13.3. The van der Waals surface area contributed by atoms with Gasteiger partial charge in [0.1, 0.15) is 48.8 Å². The van der Waals surface area contributed by atoms with E-state index in [9.17, 15) is 45.6 Å². The van der Waals surface area contributed by atoms with Crippen LogP contribution in [0.4, 0.5) is 0 Å². The smallest absolute Gasteiger partial charge is 0.220 e. The largest absolute Gasteiger partial charge is 0.394 e. The van der Waals surface area contributed by atoms with Crippen molar-refractivity contribution in [3.05, 3.63) is 12.2 Å². The van der Waals surface area contributed by atoms with Crippen LogP contribution < -0.4 is 5.32 Å². The first kappa shape index (κ1) is 70.8. The summed E-state index contributed by atoms with van der Waals surface area (Å²) in [7, 11) is 0. The lowest BCUT2D eigenvalue weighted by atomic mass is 9.97. The van der Waals surface area contributed by atoms with Gasteiger partial charge in [0, 0.05) is 6.42 Å². The van der Waals surface area contributed by atoms with Crippen molar-refractivity contribution in [1.82, 2.24) is 5.32 Å². The van der Waals surface area contributed by atoms with Crippen molar-refractivity contribution in [2.45, 2.75) is 357 Å². The van der Waals surface area contributed by atoms with Crippen molar-refractivity contribution in [2.24, 2.45) is 0 Å². The summed E-state index contributed by atoms with van der Waals surface area (Å²) < 4.78 is 22.9. The van der Waals surface area contributed by atoms with Gasteiger partial charge in [-0.05, 0) is 38.5 Å². The SMILES string of the molecule is CCCCCCCCCC/C=C\CCCCCCCCCCCC(=O)NC(COC1OC(CO)C(OC2OC(CO)C(O)C(O)C2O)C(O)C1O)C(O)CCCCCCCCCCCCCCCCCCCCCCC. The molecule has 14 heteroatoms. The van der Waals surface area contributed by atoms with Gasteiger partial charge < -0.3 is 65.1 Å². The third-order valence-electron chi connectivity index (χ3n) is 16.0. The van der Waals surface area contributed by atoms with Crippen LogP contribution in [0.3, 0.4) is 0 Å². The van der Waals surface area contributed by atoms with E-state index in [1.54, 1.807) is 0 Å². The monoisotopic (exact) mass is 1090 g/mol. The zero-order chi connectivity index (χ0) is 55.3. The van der Waals surface area contributed by atoms with Crippen molar-refractivity contribution in [3.63, 3.8) is 0 Å². The molecule has 2 fully saturated rings. The normalized spacial score (nSPS) is 24.9. The molecule has 2 aliphatic heterocycles. The maximum Gasteiger partial charge on any atom is 0.220 e. The van der Waals surface area contributed by atoms with Gasteiger partial charge in [-0.2, -0.15) is 0 Å². The lowest BCUT2D eigenvalue weighted by Crippen LogP contribution is -2.65. The molecule has 2 aliphatic rings. The van der Waals surface area contributed by atoms with E-state index in [1.165, 1.54) is 205 Å². The molecule has 0 bridgehead atoms. The molecule has 76 heavy (non-hydrogen) atoms. The molecule has 0 aromatic rings. The number of unbranched alkanes of at least 4 members (excludes halogenated alkanes) is 37. The molecular formula is C62H119NO13. The van der Waals surface area contributed by atoms with Gasteiger partial charge in [0.25, 0.3) is 0 Å². The first-order valence-electron chi connectivity index (χ1n) is 31.9. The molecule has 12 atom stereocenters. The van der Waals surface area contributed by atoms with Crippen molar-refractivity contribution >= 4 is 5.91 Å². The Kier molecular flexibility index (Phi) is 45.1. The van der Waals surface area contributed by atoms with Crippen LogP contribution in [0, 0.1) is 0 Å². The van der Waals surface area contributed by atoms with Gasteiger partial charge in [-0.1, -0.05) is 251 Å². The van der Waals surface area contributed by atoms with Crippen LogP contribution >= 0.6 is 0 Å². The van der Waals surface area contributed by atoms with E-state index in [2.05, 4.69) is 31.3 Å². The van der Waals surface area contributed by atoms with Crippen molar-refractivity contribution in [2.75, 3.05) is 19.8 Å². The summed E-state index contributed by atoms with van der Waals surface area (Å²) in [4.78, 5) is 13.3. The Bertz CT molecular complexity index is 1330. The highest BCUT2D eigenvalue weighted by atomic mass is 16.7. The fraction of sp³-hybridized carbons (Fsp3) is 0.952. The van der Waals surface area contributed by atoms with E-state index >= 15 is 0 Å². The highest BCUT2D eigenvalue weighted by Gasteiger charge is 2.51. The van der Waals surface area contributed by atoms with E-state index < -0.39 is 86.8 Å². The first-order chi connectivity index (χ1) is 37.1. The summed E-state index contributed by atoms with van der Waals surface area (Å²) in [6.07, 6.45) is 39.2. The Morgan fingerprint density at radius 2 is 0.829 bits per heavy atom. The van der Waals surface area contributed by atoms with Gasteiger partial charge in [-0.15, -0.1) is 0 Å². The van der Waals surface area contributed by atoms with Crippen molar-refractivity contribution in [1.29, 1.82) is 0 Å². The number of aliphatic hydroxyl groups is 8. The molecule has 0 radical (unpaired) electrons. The van der Waals surface area contributed by atoms with Crippen LogP contribution in [0.2, 0.25) is 0 Å². The average molecular weight is 1090 g/mol. The molecule has 0 aliphatic carbocycles. The summed E-state index contributed by atoms with van der Waals surface area (Å²) in [5.74, 6) is -0.204. The molecule has 0 aromatic heterocycles. The molecule has 450 valence electrons. The number of hydrogen-bond donors (Lipinski definition) is 9. The van der Waals surface area contributed by atoms with E-state index in [0.717, 1.165) is 51.4 Å². The number of allylic oxidation sites excluding steroid dienone is 2. The van der Waals surface area contributed by atoms with Crippen LogP contribution in [-0.2, 0) is 23.7 Å². The average Bonchev–Trinajstić information content (AvgIpc) is 3.42. The molecule has 12 unspecified atom stereocenters. The molecule has 2 saturated heterocycles. The minimum absolute atomic E-state index is 0.204. The van der Waals surface area contributed by atoms with E-state index in [1.807, 2.05) is 0 Å². The number of amides is 1. The lowest BCUT2D eigenvalue weighted by Gasteiger charge is -2.46. The summed E-state index contributed by atoms with van der Waals surface area (Å²) in [5, 5.41) is 87.4. The predicted octanol–water partition coefficient (Wildman–Crippen LogP) is 11.5. The van der Waals surface area contributed by atoms with Gasteiger partial charge >= 0.3 is 0 Å². The molecule has 0 saturated carbocycles. The number of rotatable bonds is 52. The Hall–Kier alpha value is -1.27. The molecule has 0 aromatic carbocycles. The highest BCUT2D eigenvalue weighted by molar-refractivity contribution is 5.76. The third-order valence-corrected chi connectivity index (χ3v) is 16.0. The zero-order valence-electron chi connectivity index (χ0n) is 48.5. The minimum Gasteiger partial charge on any atom is -0.394 e. The summed E-state index contributed by atoms with van der Waals surface area (Å²) in [5.41, 5.74) is 0. The second-order valence-corrected chi connectivity index (χ2v) is 22.9. The molecule has 2 heterocycles. The number of carbonyl (C=O) groups excluding carboxylic acids is 1. The van der Waals surface area contributed by atoms with Crippen LogP contribution in [0.5, 0.6) is 0 Å². The van der Waals surface area contributed by atoms with Gasteiger partial charge in [0.2, 0.25) is 5.91 Å². The molecule has 14 nitrogen and oxygen atoms in total. The van der Waals surface area contributed by atoms with E-state index in [0.29, 0.717) is 12.8 Å². The van der Waals surface area contributed by atoms with Gasteiger partial charge in [0.05, 0.1) is 32.0 Å². The molecule has 9 N–H and O–H groups in total. The lowest BCUT2D eigenvalue weighted by molar-refractivity contribution is -0.359. The standard InChI is InChI=1S/C62H119NO13/c1-3-5-7-9-11-13-15-17-19-21-23-25-27-29-31-33-35-37-39-41-43-45-51(66)50(49-73-61-59(72)57(70)60(53(48-65)75-61)76-62-58(71)56(69)55(68)52(47-64)74-62)63-54(67)46-44-42-40-38-36-34-32-30-28-26-24-22-20-18-16-14-12-10-8-6-4-2/h22,24,50-53,55-62,64-66,68-72H,3-21,23,25-49H2,1-2H3,(H,63,67)/b24-22-. The van der Waals surface area contributed by atoms with Gasteiger partial charge in [-0.25, -0.2) is 0 Å². The number of aliphatic hydroxyl groups excluding tert-OH is 8. The number of ether oxygens (including phenoxy) is 4. The molecular weight excluding hydrogens is 967 g/mol. The van der Waals surface area contributed by atoms with Crippen LogP contribution in [0.1, 0.15) is 284 Å². The first-order valence-corrected chi connectivity index (χ1v) is 31.9. The molecule has 0 spiro atoms. The van der Waals surface area contributed by atoms with Crippen molar-refractivity contribution in [3.8, 4) is 0 Å². The highest BCUT2D eigenvalue weighted by Crippen LogP contribution is 2.30. The van der Waals surface area contributed by atoms with Crippen LogP contribution in [-0.4, -0.2) is 140 Å². The van der Waals surface area contributed by atoms with Crippen LogP contribution in [0.15, 0.2) is 12.2 Å². The second kappa shape index (κ2) is 48.4. The maximum absolute atomic E-state index is 13.3. The Morgan fingerprint density at radius 3 is 1.25 bits per heavy atom. The van der Waals surface area contributed by atoms with E-state index in [-0.39, 0.29) is 12.5 Å². The Labute approximate surface area is 463 Å². The summed E-state index contributed by atoms with van der Waals surface area (Å²) in [6, 6.07) is -0.827. The minimum atomic E-state index is -1.78. The van der Waals surface area contributed by atoms with E-state index in [4.69, 9.17) is 18.9 Å². The predicted molar refractivity (Wildman–Crippen MR) is 305 cm³/mol. The summed E-state index contributed by atoms with van der Waals surface area (Å²) >= 11 is 0. The van der Waals surface area contributed by atoms with Gasteiger partial charge in [-0.3, -0.25) is 4.79 Å². The third kappa shape index (κ3) is 33.5. The Morgan fingerprint density at radius 1 is 0.461 bits per heavy atom. The quantitative estimate of drug-likeness (QED) is 0.0204. The number of hydrogen-bond acceptors (Lipinski definition) is 13. The van der Waals surface area contributed by atoms with Crippen molar-refractivity contribution < 1.29 is 64.6 Å². The fourth-order valence-corrected chi connectivity index (χ4v) is 10.8. The second-order valence-electron chi connectivity index (χ2n) is 22.9. The zero-order valence-corrected chi connectivity index (χ0v) is 48.5. The van der Waals surface area contributed by atoms with Crippen LogP contribution in [0.25, 0.3) is 0 Å². The molecule has 1 amide bonds. The van der Waals surface area contributed by atoms with Gasteiger partial charge in [0.15, 0.2) is 12.6 Å².